The second kappa shape index (κ2) is 4.65. The summed E-state index contributed by atoms with van der Waals surface area (Å²) in [4.78, 5) is 11.6. The van der Waals surface area contributed by atoms with Gasteiger partial charge in [-0.1, -0.05) is 0 Å². The van der Waals surface area contributed by atoms with Crippen LogP contribution in [0.5, 0.6) is 0 Å². The van der Waals surface area contributed by atoms with E-state index in [0.29, 0.717) is 0 Å². The first-order valence-corrected chi connectivity index (χ1v) is 5.80. The molecule has 0 aliphatic heterocycles. The Bertz CT molecular complexity index is 385. The second-order valence-electron chi connectivity index (χ2n) is 4.23. The molecule has 1 aromatic heterocycles. The fourth-order valence-electron chi connectivity index (χ4n) is 2.38. The molecule has 1 amide bonds. The first-order chi connectivity index (χ1) is 7.76. The smallest absolute Gasteiger partial charge is 0.237 e. The third kappa shape index (κ3) is 1.95. The average molecular weight is 222 g/mol. The molecule has 0 aromatic carbocycles. The zero-order valence-electron chi connectivity index (χ0n) is 9.57. The molecule has 0 spiro atoms. The van der Waals surface area contributed by atoms with E-state index in [-0.39, 0.29) is 11.8 Å². The van der Waals surface area contributed by atoms with Crippen molar-refractivity contribution in [3.05, 3.63) is 17.5 Å². The molecule has 5 heteroatoms. The monoisotopic (exact) mass is 222 g/mol. The summed E-state index contributed by atoms with van der Waals surface area (Å²) in [6.45, 7) is 2.92. The highest BCUT2D eigenvalue weighted by molar-refractivity contribution is 5.78. The van der Waals surface area contributed by atoms with E-state index in [2.05, 4.69) is 17.4 Å². The summed E-state index contributed by atoms with van der Waals surface area (Å²) in [7, 11) is 0. The van der Waals surface area contributed by atoms with Gasteiger partial charge < -0.3 is 0 Å². The Hall–Kier alpha value is -1.36. The third-order valence-corrected chi connectivity index (χ3v) is 3.29. The fourth-order valence-corrected chi connectivity index (χ4v) is 2.38. The minimum absolute atomic E-state index is 0.00625. The zero-order valence-corrected chi connectivity index (χ0v) is 9.57. The molecule has 1 atom stereocenters. The summed E-state index contributed by atoms with van der Waals surface area (Å²) < 4.78 is 1.98. The van der Waals surface area contributed by atoms with Crippen molar-refractivity contribution < 1.29 is 4.79 Å². The molecule has 0 unspecified atom stereocenters. The lowest BCUT2D eigenvalue weighted by molar-refractivity contribution is -0.125. The van der Waals surface area contributed by atoms with Gasteiger partial charge in [0.05, 0.1) is 6.20 Å². The van der Waals surface area contributed by atoms with Crippen molar-refractivity contribution in [2.75, 3.05) is 0 Å². The van der Waals surface area contributed by atoms with Crippen molar-refractivity contribution in [1.82, 2.24) is 15.2 Å². The molecular formula is C11H18N4O. The number of rotatable bonds is 2. The van der Waals surface area contributed by atoms with Crippen molar-refractivity contribution in [3.8, 4) is 0 Å². The molecular weight excluding hydrogens is 204 g/mol. The zero-order chi connectivity index (χ0) is 11.5. The Kier molecular flexibility index (Phi) is 3.24. The number of nitrogens with zero attached hydrogens (tertiary/aromatic N) is 2. The largest absolute Gasteiger partial charge is 0.294 e. The van der Waals surface area contributed by atoms with E-state index in [9.17, 15) is 4.79 Å². The van der Waals surface area contributed by atoms with Gasteiger partial charge >= 0.3 is 0 Å². The lowest BCUT2D eigenvalue weighted by Gasteiger charge is -2.13. The van der Waals surface area contributed by atoms with E-state index < -0.39 is 0 Å². The summed E-state index contributed by atoms with van der Waals surface area (Å²) in [6, 6.07) is 0. The summed E-state index contributed by atoms with van der Waals surface area (Å²) in [5.41, 5.74) is 4.74. The minimum Gasteiger partial charge on any atom is -0.294 e. The van der Waals surface area contributed by atoms with E-state index in [4.69, 9.17) is 5.84 Å². The number of hydrazine groups is 1. The first kappa shape index (κ1) is 11.1. The number of nitrogens with two attached hydrogens (primary N) is 1. The molecule has 1 aromatic rings. The standard InChI is InChI=1S/C11H18N4O/c1-2-15-10-6-8(11(16)14-12)4-3-5-9(10)7-13-15/h7-8H,2-6,12H2,1H3,(H,14,16)/t8-/m1/s1. The Labute approximate surface area is 95.0 Å². The number of aryl methyl sites for hydroxylation is 2. The number of hydrogen-bond donors (Lipinski definition) is 2. The highest BCUT2D eigenvalue weighted by Crippen LogP contribution is 2.24. The second-order valence-corrected chi connectivity index (χ2v) is 4.23. The van der Waals surface area contributed by atoms with Crippen LogP contribution in [0, 0.1) is 5.92 Å². The Morgan fingerprint density at radius 2 is 2.56 bits per heavy atom. The topological polar surface area (TPSA) is 72.9 Å². The van der Waals surface area contributed by atoms with Crippen LogP contribution in [-0.2, 0) is 24.2 Å². The van der Waals surface area contributed by atoms with Crippen LogP contribution >= 0.6 is 0 Å². The lowest BCUT2D eigenvalue weighted by atomic mass is 9.99. The lowest BCUT2D eigenvalue weighted by Crippen LogP contribution is -2.36. The SMILES string of the molecule is CCn1ncc2c1C[C@H](C(=O)NN)CCC2. The first-order valence-electron chi connectivity index (χ1n) is 5.80. The van der Waals surface area contributed by atoms with Crippen molar-refractivity contribution in [2.45, 2.75) is 39.2 Å². The van der Waals surface area contributed by atoms with Crippen molar-refractivity contribution in [3.63, 3.8) is 0 Å². The highest BCUT2D eigenvalue weighted by Gasteiger charge is 2.24. The van der Waals surface area contributed by atoms with Crippen molar-refractivity contribution >= 4 is 5.91 Å². The van der Waals surface area contributed by atoms with Crippen LogP contribution in [0.2, 0.25) is 0 Å². The van der Waals surface area contributed by atoms with Crippen LogP contribution in [0.15, 0.2) is 6.20 Å². The third-order valence-electron chi connectivity index (χ3n) is 3.29. The van der Waals surface area contributed by atoms with Gasteiger partial charge in [-0.25, -0.2) is 5.84 Å². The number of amides is 1. The number of carbonyl (C=O) groups excluding carboxylic acids is 1. The van der Waals surface area contributed by atoms with Crippen LogP contribution in [0.25, 0.3) is 0 Å². The maximum atomic E-state index is 11.6. The normalized spacial score (nSPS) is 20.0. The van der Waals surface area contributed by atoms with Gasteiger partial charge in [0, 0.05) is 24.6 Å². The minimum atomic E-state index is -0.0586. The number of aromatic nitrogens is 2. The summed E-state index contributed by atoms with van der Waals surface area (Å²) in [5, 5.41) is 4.33. The molecule has 5 nitrogen and oxygen atoms in total. The van der Waals surface area contributed by atoms with Gasteiger partial charge in [-0.05, 0) is 31.7 Å². The van der Waals surface area contributed by atoms with E-state index in [1.54, 1.807) is 0 Å². The Morgan fingerprint density at radius 1 is 1.75 bits per heavy atom. The van der Waals surface area contributed by atoms with Gasteiger partial charge in [0.1, 0.15) is 0 Å². The highest BCUT2D eigenvalue weighted by atomic mass is 16.2. The number of nitrogens with one attached hydrogen (secondary N) is 1. The van der Waals surface area contributed by atoms with Gasteiger partial charge in [0.25, 0.3) is 0 Å². The van der Waals surface area contributed by atoms with Crippen LogP contribution in [0.3, 0.4) is 0 Å². The summed E-state index contributed by atoms with van der Waals surface area (Å²) in [5.74, 6) is 5.13. The van der Waals surface area contributed by atoms with Crippen molar-refractivity contribution in [2.24, 2.45) is 11.8 Å². The van der Waals surface area contributed by atoms with Crippen LogP contribution in [-0.4, -0.2) is 15.7 Å². The molecule has 0 bridgehead atoms. The predicted octanol–water partition coefficient (Wildman–Crippen LogP) is 0.388. The molecule has 1 aliphatic carbocycles. The summed E-state index contributed by atoms with van der Waals surface area (Å²) >= 11 is 0. The van der Waals surface area contributed by atoms with Gasteiger partial charge in [-0.15, -0.1) is 0 Å². The van der Waals surface area contributed by atoms with E-state index in [0.717, 1.165) is 32.2 Å². The number of fused-ring (bicyclic) bond motifs is 1. The Balaban J connectivity index is 2.24. The number of hydrogen-bond acceptors (Lipinski definition) is 3. The van der Waals surface area contributed by atoms with Crippen LogP contribution in [0.4, 0.5) is 0 Å². The molecule has 0 saturated heterocycles. The maximum Gasteiger partial charge on any atom is 0.237 e. The van der Waals surface area contributed by atoms with E-state index in [1.807, 2.05) is 10.9 Å². The molecule has 1 aliphatic rings. The molecule has 0 saturated carbocycles. The quantitative estimate of drug-likeness (QED) is 0.329. The van der Waals surface area contributed by atoms with Gasteiger partial charge in [0.2, 0.25) is 5.91 Å². The van der Waals surface area contributed by atoms with Gasteiger partial charge in [0.15, 0.2) is 0 Å². The van der Waals surface area contributed by atoms with E-state index in [1.165, 1.54) is 11.3 Å². The van der Waals surface area contributed by atoms with Crippen LogP contribution < -0.4 is 11.3 Å². The molecule has 88 valence electrons. The Morgan fingerprint density at radius 3 is 3.25 bits per heavy atom. The molecule has 16 heavy (non-hydrogen) atoms. The molecule has 0 fully saturated rings. The molecule has 2 rings (SSSR count). The average Bonchev–Trinajstić information content (AvgIpc) is 2.57. The fraction of sp³-hybridized carbons (Fsp3) is 0.636. The molecule has 0 radical (unpaired) electrons. The van der Waals surface area contributed by atoms with E-state index >= 15 is 0 Å². The van der Waals surface area contributed by atoms with Crippen molar-refractivity contribution in [1.29, 1.82) is 0 Å². The molecule has 1 heterocycles. The number of carbonyl (C=O) groups is 1. The summed E-state index contributed by atoms with van der Waals surface area (Å²) in [6.07, 6.45) is 5.64. The van der Waals surface area contributed by atoms with Gasteiger partial charge in [-0.3, -0.25) is 14.9 Å². The van der Waals surface area contributed by atoms with Gasteiger partial charge in [-0.2, -0.15) is 5.10 Å². The van der Waals surface area contributed by atoms with Crippen LogP contribution in [0.1, 0.15) is 31.0 Å². The maximum absolute atomic E-state index is 11.6. The predicted molar refractivity (Wildman–Crippen MR) is 60.4 cm³/mol. The molecule has 3 N–H and O–H groups in total.